The van der Waals surface area contributed by atoms with Gasteiger partial charge in [0, 0.05) is 0 Å². The van der Waals surface area contributed by atoms with Gasteiger partial charge in [-0.05, 0) is 24.7 Å². The van der Waals surface area contributed by atoms with Crippen LogP contribution in [0.4, 0.5) is 0 Å². The molecule has 0 saturated heterocycles. The average molecular weight is 141 g/mol. The zero-order chi connectivity index (χ0) is 7.56. The second kappa shape index (κ2) is 3.04. The molecule has 0 spiro atoms. The first kappa shape index (κ1) is 7.58. The summed E-state index contributed by atoms with van der Waals surface area (Å²) in [6.45, 7) is 4.26. The predicted molar refractivity (Wildman–Crippen MR) is 41.4 cm³/mol. The van der Waals surface area contributed by atoms with E-state index < -0.39 is 0 Å². The number of hydrogen-bond acceptors (Lipinski definition) is 2. The third kappa shape index (κ3) is 1.31. The van der Waals surface area contributed by atoms with Gasteiger partial charge in [-0.1, -0.05) is 25.4 Å². The highest BCUT2D eigenvalue weighted by Gasteiger charge is 2.22. The minimum absolute atomic E-state index is 0.494. The van der Waals surface area contributed by atoms with Crippen molar-refractivity contribution in [3.05, 3.63) is 0 Å². The Bertz CT molecular complexity index is 130. The molecule has 58 valence electrons. The molecule has 10 heavy (non-hydrogen) atoms. The van der Waals surface area contributed by atoms with Crippen LogP contribution in [0.15, 0.2) is 5.16 Å². The molecule has 2 heteroatoms. The van der Waals surface area contributed by atoms with Crippen molar-refractivity contribution in [1.82, 2.24) is 0 Å². The molecule has 0 aromatic heterocycles. The third-order valence-electron chi connectivity index (χ3n) is 2.40. The van der Waals surface area contributed by atoms with E-state index in [0.29, 0.717) is 11.8 Å². The summed E-state index contributed by atoms with van der Waals surface area (Å²) in [5.41, 5.74) is 0.992. The normalized spacial score (nSPS) is 38.4. The Labute approximate surface area is 61.9 Å². The van der Waals surface area contributed by atoms with Crippen molar-refractivity contribution in [2.24, 2.45) is 17.0 Å². The van der Waals surface area contributed by atoms with Crippen LogP contribution in [0.5, 0.6) is 0 Å². The fourth-order valence-electron chi connectivity index (χ4n) is 1.71. The van der Waals surface area contributed by atoms with Crippen molar-refractivity contribution >= 4 is 5.71 Å². The minimum Gasteiger partial charge on any atom is -0.411 e. The van der Waals surface area contributed by atoms with E-state index in [1.807, 2.05) is 0 Å². The minimum atomic E-state index is 0.494. The lowest BCUT2D eigenvalue weighted by Gasteiger charge is -2.24. The van der Waals surface area contributed by atoms with Crippen LogP contribution >= 0.6 is 0 Å². The van der Waals surface area contributed by atoms with Crippen molar-refractivity contribution in [2.45, 2.75) is 33.1 Å². The van der Waals surface area contributed by atoms with E-state index in [9.17, 15) is 0 Å². The highest BCUT2D eigenvalue weighted by atomic mass is 16.4. The maximum Gasteiger partial charge on any atom is 0.0626 e. The number of oxime groups is 1. The van der Waals surface area contributed by atoms with E-state index >= 15 is 0 Å². The first-order valence-electron chi connectivity index (χ1n) is 3.97. The van der Waals surface area contributed by atoms with E-state index in [1.165, 1.54) is 19.3 Å². The first-order chi connectivity index (χ1) is 4.75. The van der Waals surface area contributed by atoms with Crippen molar-refractivity contribution in [3.63, 3.8) is 0 Å². The van der Waals surface area contributed by atoms with E-state index in [-0.39, 0.29) is 0 Å². The van der Waals surface area contributed by atoms with Gasteiger partial charge in [-0.15, -0.1) is 0 Å². The Balaban J connectivity index is 2.63. The molecule has 1 saturated carbocycles. The average Bonchev–Trinajstić information content (AvgIpc) is 1.88. The highest BCUT2D eigenvalue weighted by molar-refractivity contribution is 5.88. The SMILES string of the molecule is CC1CCC[C@@H](C)C1=NO. The molecule has 1 aliphatic rings. The van der Waals surface area contributed by atoms with Crippen molar-refractivity contribution in [1.29, 1.82) is 0 Å². The number of hydrogen-bond donors (Lipinski definition) is 1. The lowest BCUT2D eigenvalue weighted by molar-refractivity contribution is 0.304. The second-order valence-corrected chi connectivity index (χ2v) is 3.26. The van der Waals surface area contributed by atoms with Crippen molar-refractivity contribution < 1.29 is 5.21 Å². The molecule has 0 aromatic carbocycles. The lowest BCUT2D eigenvalue weighted by Crippen LogP contribution is -2.24. The van der Waals surface area contributed by atoms with Gasteiger partial charge in [-0.3, -0.25) is 0 Å². The maximum absolute atomic E-state index is 8.62. The van der Waals surface area contributed by atoms with Gasteiger partial charge in [0.05, 0.1) is 5.71 Å². The predicted octanol–water partition coefficient (Wildman–Crippen LogP) is 2.27. The van der Waals surface area contributed by atoms with Crippen LogP contribution in [0.3, 0.4) is 0 Å². The van der Waals surface area contributed by atoms with Gasteiger partial charge in [0.25, 0.3) is 0 Å². The van der Waals surface area contributed by atoms with Gasteiger partial charge in [-0.25, -0.2) is 0 Å². The van der Waals surface area contributed by atoms with Crippen LogP contribution in [0.1, 0.15) is 33.1 Å². The summed E-state index contributed by atoms with van der Waals surface area (Å²) >= 11 is 0. The Morgan fingerprint density at radius 3 is 2.10 bits per heavy atom. The topological polar surface area (TPSA) is 32.6 Å². The Kier molecular flexibility index (Phi) is 2.30. The molecule has 0 heterocycles. The highest BCUT2D eigenvalue weighted by Crippen LogP contribution is 2.25. The van der Waals surface area contributed by atoms with E-state index in [2.05, 4.69) is 19.0 Å². The zero-order valence-corrected chi connectivity index (χ0v) is 6.67. The molecule has 1 rings (SSSR count). The van der Waals surface area contributed by atoms with Gasteiger partial charge < -0.3 is 5.21 Å². The summed E-state index contributed by atoms with van der Waals surface area (Å²) in [7, 11) is 0. The largest absolute Gasteiger partial charge is 0.411 e. The van der Waals surface area contributed by atoms with Crippen LogP contribution in [0, 0.1) is 11.8 Å². The molecule has 0 aromatic rings. The summed E-state index contributed by atoms with van der Waals surface area (Å²) in [6.07, 6.45) is 3.65. The van der Waals surface area contributed by atoms with Gasteiger partial charge in [0.15, 0.2) is 0 Å². The van der Waals surface area contributed by atoms with Crippen LogP contribution in [-0.2, 0) is 0 Å². The molecule has 2 nitrogen and oxygen atoms in total. The quantitative estimate of drug-likeness (QED) is 0.407. The molecule has 0 bridgehead atoms. The molecule has 0 aliphatic heterocycles. The van der Waals surface area contributed by atoms with E-state index in [1.54, 1.807) is 0 Å². The molecular weight excluding hydrogens is 126 g/mol. The first-order valence-corrected chi connectivity index (χ1v) is 3.97. The van der Waals surface area contributed by atoms with Gasteiger partial charge >= 0.3 is 0 Å². The Hall–Kier alpha value is -0.530. The van der Waals surface area contributed by atoms with Gasteiger partial charge in [-0.2, -0.15) is 0 Å². The molecular formula is C8H15NO. The lowest BCUT2D eigenvalue weighted by atomic mass is 9.82. The fraction of sp³-hybridized carbons (Fsp3) is 0.875. The summed E-state index contributed by atoms with van der Waals surface area (Å²) in [4.78, 5) is 0. The van der Waals surface area contributed by atoms with Crippen LogP contribution in [0.25, 0.3) is 0 Å². The zero-order valence-electron chi connectivity index (χ0n) is 6.67. The van der Waals surface area contributed by atoms with Crippen LogP contribution in [0.2, 0.25) is 0 Å². The Morgan fingerprint density at radius 1 is 1.30 bits per heavy atom. The second-order valence-electron chi connectivity index (χ2n) is 3.26. The van der Waals surface area contributed by atoms with E-state index in [4.69, 9.17) is 5.21 Å². The fourth-order valence-corrected chi connectivity index (χ4v) is 1.71. The maximum atomic E-state index is 8.62. The molecule has 1 fully saturated rings. The van der Waals surface area contributed by atoms with Crippen LogP contribution < -0.4 is 0 Å². The standard InChI is InChI=1S/C8H15NO/c1-6-4-3-5-7(2)8(6)9-10/h6-7,10H,3-5H2,1-2H3/t6-,7?/m1/s1. The molecule has 0 radical (unpaired) electrons. The molecule has 1 unspecified atom stereocenters. The van der Waals surface area contributed by atoms with Crippen molar-refractivity contribution in [3.8, 4) is 0 Å². The van der Waals surface area contributed by atoms with Gasteiger partial charge in [0.1, 0.15) is 0 Å². The summed E-state index contributed by atoms with van der Waals surface area (Å²) in [5, 5.41) is 11.9. The van der Waals surface area contributed by atoms with E-state index in [0.717, 1.165) is 5.71 Å². The monoisotopic (exact) mass is 141 g/mol. The van der Waals surface area contributed by atoms with Gasteiger partial charge in [0.2, 0.25) is 0 Å². The number of rotatable bonds is 0. The summed E-state index contributed by atoms with van der Waals surface area (Å²) in [5.74, 6) is 0.988. The van der Waals surface area contributed by atoms with Crippen LogP contribution in [-0.4, -0.2) is 10.9 Å². The molecule has 1 N–H and O–H groups in total. The van der Waals surface area contributed by atoms with Crippen molar-refractivity contribution in [2.75, 3.05) is 0 Å². The third-order valence-corrected chi connectivity index (χ3v) is 2.40. The molecule has 1 aliphatic carbocycles. The summed E-state index contributed by atoms with van der Waals surface area (Å²) in [6, 6.07) is 0. The molecule has 0 amide bonds. The summed E-state index contributed by atoms with van der Waals surface area (Å²) < 4.78 is 0. The Morgan fingerprint density at radius 2 is 1.80 bits per heavy atom. The number of nitrogens with zero attached hydrogens (tertiary/aromatic N) is 1. The smallest absolute Gasteiger partial charge is 0.0626 e. The molecule has 2 atom stereocenters.